The molecule has 0 aliphatic rings. The molecule has 145 heavy (non-hydrogen) atoms. The molecule has 0 radical (unpaired) electrons. The van der Waals surface area contributed by atoms with Gasteiger partial charge in [-0.3, -0.25) is 31.9 Å². The fourth-order valence-electron chi connectivity index (χ4n) is 13.1. The molecular weight excluding hydrogens is 2120 g/mol. The lowest BCUT2D eigenvalue weighted by atomic mass is 10.1. The molecular formula is C105H102BrClF13IN6O18. The molecule has 0 aliphatic carbocycles. The van der Waals surface area contributed by atoms with Crippen molar-refractivity contribution in [2.45, 2.75) is 169 Å². The predicted octanol–water partition coefficient (Wildman–Crippen LogP) is 31.0. The lowest BCUT2D eigenvalue weighted by molar-refractivity contribution is -0.0777. The standard InChI is InChI=1S/C19H19F2NO3.C18H19F2NO3.C17H16BrF2NO3.C17H16ClF2NO3.C17H16F3NO3.C17H16F2INO3/c1-4-14-6-7-15(16(10-14)22-19(23)25-18(20)21)11-24-17-8-5-12(2)9-13(17)3;1-11-5-7-16(13(3)8-11)23-10-14-6-4-12(2)9-15(14)21-18(22)24-17(19)20;3*1-10-3-6-15(11(2)7-10)23-9-12-4-5-13(18)8-14(12)21-17(22)24-16(19)20;1-10-3-6-15(11(2)7-10)23-9-12-4-5-13(20)8-14(12)21-17(22)24-16(18)19/h4-10,18H,1,11H2,2-3H3,(H,22,23);4-9,17H,10H2,1-3H3,(H,21,22);4*3-8,16H,9H2,1-2H3,(H,21,22). The number of hydrogen-bond acceptors (Lipinski definition) is 18. The minimum Gasteiger partial charge on any atom is -0.489 e. The number of halogens is 16. The zero-order valence-corrected chi connectivity index (χ0v) is 84.7. The fraction of sp³-hybridized carbons (Fsp3) is 0.238. The average Bonchev–Trinajstić information content (AvgIpc) is 0.839. The third-order valence-electron chi connectivity index (χ3n) is 19.8. The zero-order valence-electron chi connectivity index (χ0n) is 80.2. The summed E-state index contributed by atoms with van der Waals surface area (Å²) in [6, 6.07) is 63.7. The highest BCUT2D eigenvalue weighted by atomic mass is 127. The number of anilines is 6. The third kappa shape index (κ3) is 42.8. The van der Waals surface area contributed by atoms with Crippen molar-refractivity contribution >= 4 is 127 Å². The molecule has 12 aromatic rings. The summed E-state index contributed by atoms with van der Waals surface area (Å²) < 4.78 is 217. The molecule has 0 aliphatic heterocycles. The van der Waals surface area contributed by atoms with Crippen molar-refractivity contribution in [3.8, 4) is 34.5 Å². The van der Waals surface area contributed by atoms with Gasteiger partial charge in [-0.2, -0.15) is 52.7 Å². The smallest absolute Gasteiger partial charge is 0.416 e. The Labute approximate surface area is 855 Å². The Morgan fingerprint density at radius 1 is 0.290 bits per heavy atom. The molecule has 0 unspecified atom stereocenters. The van der Waals surface area contributed by atoms with E-state index in [-0.39, 0.29) is 51.0 Å². The van der Waals surface area contributed by atoms with Gasteiger partial charge in [0, 0.05) is 46.4 Å². The van der Waals surface area contributed by atoms with E-state index in [4.69, 9.17) is 40.0 Å². The highest BCUT2D eigenvalue weighted by molar-refractivity contribution is 14.1. The topological polar surface area (TPSA) is 285 Å². The molecule has 0 bridgehead atoms. The summed E-state index contributed by atoms with van der Waals surface area (Å²) in [6.07, 6.45) is -5.93. The number of aryl methyl sites for hydroxylation is 13. The molecule has 0 heterocycles. The van der Waals surface area contributed by atoms with E-state index in [1.807, 2.05) is 205 Å². The van der Waals surface area contributed by atoms with Crippen LogP contribution in [0.2, 0.25) is 5.02 Å². The number of ether oxygens (including phenoxy) is 12. The van der Waals surface area contributed by atoms with Gasteiger partial charge in [0.05, 0.1) is 34.1 Å². The molecule has 0 saturated heterocycles. The Hall–Kier alpha value is -14.6. The second kappa shape index (κ2) is 58.8. The highest BCUT2D eigenvalue weighted by Crippen LogP contribution is 2.34. The first-order valence-electron chi connectivity index (χ1n) is 43.4. The Morgan fingerprint density at radius 2 is 0.510 bits per heavy atom. The van der Waals surface area contributed by atoms with Crippen LogP contribution in [0, 0.1) is 99.4 Å². The largest absolute Gasteiger partial charge is 0.489 e. The molecule has 0 atom stereocenters. The first-order chi connectivity index (χ1) is 68.6. The van der Waals surface area contributed by atoms with Crippen LogP contribution in [-0.4, -0.2) is 76.2 Å². The van der Waals surface area contributed by atoms with E-state index < -0.39 is 82.0 Å². The minimum absolute atomic E-state index is 0.00501. The third-order valence-corrected chi connectivity index (χ3v) is 21.2. The van der Waals surface area contributed by atoms with Gasteiger partial charge in [-0.1, -0.05) is 195 Å². The second-order valence-corrected chi connectivity index (χ2v) is 34.2. The maximum absolute atomic E-state index is 13.4. The van der Waals surface area contributed by atoms with Crippen molar-refractivity contribution in [2.75, 3.05) is 31.9 Å². The van der Waals surface area contributed by atoms with Crippen molar-refractivity contribution < 1.29 is 143 Å². The summed E-state index contributed by atoms with van der Waals surface area (Å²) in [5.74, 6) is 3.56. The molecule has 772 valence electrons. The molecule has 12 rings (SSSR count). The second-order valence-electron chi connectivity index (χ2n) is 31.6. The molecule has 12 aromatic carbocycles. The lowest BCUT2D eigenvalue weighted by Crippen LogP contribution is -2.18. The number of carbonyl (C=O) groups excluding carboxylic acids is 6. The summed E-state index contributed by atoms with van der Waals surface area (Å²) in [7, 11) is 0. The van der Waals surface area contributed by atoms with Crippen molar-refractivity contribution in [1.82, 2.24) is 0 Å². The Bertz CT molecular complexity index is 5690. The summed E-state index contributed by atoms with van der Waals surface area (Å²) in [5, 5.41) is 13.9. The molecule has 0 spiro atoms. The van der Waals surface area contributed by atoms with Crippen LogP contribution in [0.15, 0.2) is 229 Å². The van der Waals surface area contributed by atoms with Crippen LogP contribution in [0.3, 0.4) is 0 Å². The van der Waals surface area contributed by atoms with E-state index in [9.17, 15) is 85.8 Å². The van der Waals surface area contributed by atoms with Crippen LogP contribution >= 0.6 is 50.1 Å². The Balaban J connectivity index is 0.000000236. The van der Waals surface area contributed by atoms with Gasteiger partial charge in [0.2, 0.25) is 0 Å². The van der Waals surface area contributed by atoms with E-state index in [1.54, 1.807) is 84.9 Å². The lowest BCUT2D eigenvalue weighted by Gasteiger charge is -2.14. The minimum atomic E-state index is -3.26. The highest BCUT2D eigenvalue weighted by Gasteiger charge is 2.23. The van der Waals surface area contributed by atoms with E-state index in [0.717, 1.165) is 99.0 Å². The molecule has 6 amide bonds. The Morgan fingerprint density at radius 3 is 0.793 bits per heavy atom. The van der Waals surface area contributed by atoms with Crippen molar-refractivity contribution in [3.63, 3.8) is 0 Å². The maximum atomic E-state index is 13.4. The normalized spacial score (nSPS) is 10.6. The number of nitrogens with one attached hydrogen (secondary N) is 6. The van der Waals surface area contributed by atoms with Crippen LogP contribution in [0.25, 0.3) is 6.08 Å². The van der Waals surface area contributed by atoms with E-state index in [0.29, 0.717) is 88.6 Å². The Kier molecular flexibility index (Phi) is 47.6. The molecule has 0 aromatic heterocycles. The number of alkyl halides is 12. The van der Waals surface area contributed by atoms with Crippen LogP contribution < -0.4 is 60.3 Å². The number of hydrogen-bond donors (Lipinski definition) is 6. The van der Waals surface area contributed by atoms with Crippen LogP contribution in [-0.2, 0) is 68.1 Å². The number of rotatable bonds is 31. The van der Waals surface area contributed by atoms with Crippen molar-refractivity contribution in [3.05, 3.63) is 355 Å². The first-order valence-corrected chi connectivity index (χ1v) is 45.6. The van der Waals surface area contributed by atoms with Crippen molar-refractivity contribution in [1.29, 1.82) is 0 Å². The van der Waals surface area contributed by atoms with Gasteiger partial charge in [0.25, 0.3) is 0 Å². The zero-order chi connectivity index (χ0) is 107. The summed E-state index contributed by atoms with van der Waals surface area (Å²) in [6.45, 7) is 10.6. The molecule has 0 fully saturated rings. The SMILES string of the molecule is C=Cc1ccc(COc2ccc(C)cc2C)c(NC(=O)OC(F)F)c1.Cc1ccc(OCc2ccc(Br)cc2NC(=O)OC(F)F)c(C)c1.Cc1ccc(OCc2ccc(C)cc2NC(=O)OC(F)F)c(C)c1.Cc1ccc(OCc2ccc(Cl)cc2NC(=O)OC(F)F)c(C)c1.Cc1ccc(OCc2ccc(F)cc2NC(=O)OC(F)F)c(C)c1.Cc1ccc(OCc2ccc(I)cc2NC(=O)OC(F)F)c(C)c1. The van der Waals surface area contributed by atoms with Gasteiger partial charge in [-0.15, -0.1) is 0 Å². The average molecular weight is 2230 g/mol. The predicted molar refractivity (Wildman–Crippen MR) is 537 cm³/mol. The molecule has 6 N–H and O–H groups in total. The van der Waals surface area contributed by atoms with Gasteiger partial charge in [-0.05, 0) is 254 Å². The maximum Gasteiger partial charge on any atom is 0.416 e. The van der Waals surface area contributed by atoms with Gasteiger partial charge < -0.3 is 56.8 Å². The van der Waals surface area contributed by atoms with Crippen LogP contribution in [0.1, 0.15) is 111 Å². The summed E-state index contributed by atoms with van der Waals surface area (Å²) in [4.78, 5) is 68.3. The quantitative estimate of drug-likeness (QED) is 0.0134. The first kappa shape index (κ1) is 117. The van der Waals surface area contributed by atoms with Gasteiger partial charge >= 0.3 is 76.2 Å². The summed E-state index contributed by atoms with van der Waals surface area (Å²) in [5.41, 5.74) is 19.4. The molecule has 40 heteroatoms. The molecule has 0 saturated carbocycles. The number of benzene rings is 12. The van der Waals surface area contributed by atoms with Crippen LogP contribution in [0.5, 0.6) is 34.5 Å². The van der Waals surface area contributed by atoms with Gasteiger partial charge in [-0.25, -0.2) is 33.2 Å². The summed E-state index contributed by atoms with van der Waals surface area (Å²) >= 11 is 11.2. The monoisotopic (exact) mass is 2220 g/mol. The van der Waals surface area contributed by atoms with Gasteiger partial charge in [0.1, 0.15) is 80.0 Å². The van der Waals surface area contributed by atoms with Crippen molar-refractivity contribution in [2.24, 2.45) is 0 Å². The van der Waals surface area contributed by atoms with E-state index >= 15 is 0 Å². The number of carbonyl (C=O) groups is 6. The van der Waals surface area contributed by atoms with E-state index in [2.05, 4.69) is 105 Å². The van der Waals surface area contributed by atoms with E-state index in [1.165, 1.54) is 18.2 Å². The van der Waals surface area contributed by atoms with Crippen LogP contribution in [0.4, 0.5) is 120 Å². The molecule has 24 nitrogen and oxygen atoms in total. The number of amides is 6. The fourth-order valence-corrected chi connectivity index (χ4v) is 14.1. The van der Waals surface area contributed by atoms with Gasteiger partial charge in [0.15, 0.2) is 0 Å².